The Hall–Kier alpha value is -1.43. The van der Waals surface area contributed by atoms with E-state index < -0.39 is 5.82 Å². The van der Waals surface area contributed by atoms with E-state index in [1.807, 2.05) is 21.1 Å². The molecule has 0 aliphatic heterocycles. The van der Waals surface area contributed by atoms with Crippen molar-refractivity contribution >= 4 is 11.8 Å². The Kier molecular flexibility index (Phi) is 5.09. The van der Waals surface area contributed by atoms with Gasteiger partial charge in [0.15, 0.2) is 11.6 Å². The summed E-state index contributed by atoms with van der Waals surface area (Å²) in [5, 5.41) is 2.80. The van der Waals surface area contributed by atoms with Crippen molar-refractivity contribution in [3.8, 4) is 0 Å². The van der Waals surface area contributed by atoms with Crippen LogP contribution in [-0.2, 0) is 0 Å². The molecule has 0 unspecified atom stereocenters. The first kappa shape index (κ1) is 13.6. The lowest BCUT2D eigenvalue weighted by Gasteiger charge is -2.20. The average molecular weight is 241 g/mol. The monoisotopic (exact) mass is 241 g/mol. The maximum Gasteiger partial charge on any atom is 0.224 e. The van der Waals surface area contributed by atoms with Gasteiger partial charge in [0.25, 0.3) is 0 Å². The van der Waals surface area contributed by atoms with Crippen LogP contribution in [0, 0.1) is 5.82 Å². The summed E-state index contributed by atoms with van der Waals surface area (Å²) >= 11 is 0. The molecule has 0 saturated carbocycles. The molecule has 1 N–H and O–H groups in total. The highest BCUT2D eigenvalue weighted by atomic mass is 19.1. The van der Waals surface area contributed by atoms with Crippen LogP contribution in [0.25, 0.3) is 0 Å². The van der Waals surface area contributed by atoms with Crippen molar-refractivity contribution in [2.75, 3.05) is 51.5 Å². The standard InChI is InChI=1S/C11H20FN5/c1-13-11-14-8-9(12)10(15-11)17(4)7-5-6-16(2)3/h8H,5-7H2,1-4H3,(H,13,14,15). The van der Waals surface area contributed by atoms with E-state index in [-0.39, 0.29) is 0 Å². The van der Waals surface area contributed by atoms with E-state index >= 15 is 0 Å². The molecule has 0 spiro atoms. The fourth-order valence-corrected chi connectivity index (χ4v) is 1.48. The maximum atomic E-state index is 13.5. The molecule has 0 aromatic carbocycles. The van der Waals surface area contributed by atoms with Crippen LogP contribution < -0.4 is 10.2 Å². The Morgan fingerprint density at radius 2 is 2.00 bits per heavy atom. The third-order valence-electron chi connectivity index (χ3n) is 2.41. The molecule has 0 bridgehead atoms. The van der Waals surface area contributed by atoms with Crippen molar-refractivity contribution in [1.82, 2.24) is 14.9 Å². The van der Waals surface area contributed by atoms with Crippen molar-refractivity contribution in [2.45, 2.75) is 6.42 Å². The number of hydrogen-bond acceptors (Lipinski definition) is 5. The molecule has 1 aromatic heterocycles. The van der Waals surface area contributed by atoms with Gasteiger partial charge >= 0.3 is 0 Å². The molecule has 0 aliphatic carbocycles. The van der Waals surface area contributed by atoms with E-state index in [9.17, 15) is 4.39 Å². The maximum absolute atomic E-state index is 13.5. The molecule has 0 atom stereocenters. The second-order valence-corrected chi connectivity index (χ2v) is 4.19. The molecule has 17 heavy (non-hydrogen) atoms. The van der Waals surface area contributed by atoms with Crippen molar-refractivity contribution in [3.05, 3.63) is 12.0 Å². The van der Waals surface area contributed by atoms with Crippen LogP contribution in [-0.4, -0.2) is 56.1 Å². The zero-order chi connectivity index (χ0) is 12.8. The first-order chi connectivity index (χ1) is 8.04. The largest absolute Gasteiger partial charge is 0.357 e. The molecular formula is C11H20FN5. The highest BCUT2D eigenvalue weighted by Gasteiger charge is 2.10. The lowest BCUT2D eigenvalue weighted by atomic mass is 10.3. The molecule has 0 radical (unpaired) electrons. The quantitative estimate of drug-likeness (QED) is 0.806. The lowest BCUT2D eigenvalue weighted by molar-refractivity contribution is 0.401. The normalized spacial score (nSPS) is 10.7. The Labute approximate surface area is 102 Å². The van der Waals surface area contributed by atoms with Crippen LogP contribution in [0.3, 0.4) is 0 Å². The molecule has 0 aliphatic rings. The highest BCUT2D eigenvalue weighted by molar-refractivity contribution is 5.42. The molecule has 0 saturated heterocycles. The Balaban J connectivity index is 2.64. The average Bonchev–Trinajstić information content (AvgIpc) is 2.29. The molecule has 96 valence electrons. The van der Waals surface area contributed by atoms with Gasteiger partial charge < -0.3 is 15.1 Å². The summed E-state index contributed by atoms with van der Waals surface area (Å²) in [7, 11) is 7.58. The predicted octanol–water partition coefficient (Wildman–Crippen LogP) is 1.05. The van der Waals surface area contributed by atoms with Gasteiger partial charge in [0.05, 0.1) is 6.20 Å². The van der Waals surface area contributed by atoms with Crippen LogP contribution >= 0.6 is 0 Å². The van der Waals surface area contributed by atoms with Crippen LogP contribution in [0.1, 0.15) is 6.42 Å². The summed E-state index contributed by atoms with van der Waals surface area (Å²) in [5.41, 5.74) is 0. The number of aromatic nitrogens is 2. The molecule has 1 aromatic rings. The van der Waals surface area contributed by atoms with Gasteiger partial charge in [-0.25, -0.2) is 9.37 Å². The summed E-state index contributed by atoms with van der Waals surface area (Å²) in [5.74, 6) is 0.375. The molecule has 0 amide bonds. The van der Waals surface area contributed by atoms with Gasteiger partial charge in [-0.1, -0.05) is 0 Å². The highest BCUT2D eigenvalue weighted by Crippen LogP contribution is 2.15. The molecule has 0 fully saturated rings. The summed E-state index contributed by atoms with van der Waals surface area (Å²) < 4.78 is 13.5. The zero-order valence-corrected chi connectivity index (χ0v) is 10.9. The summed E-state index contributed by atoms with van der Waals surface area (Å²) in [6.07, 6.45) is 2.15. The van der Waals surface area contributed by atoms with E-state index in [0.29, 0.717) is 11.8 Å². The molecule has 1 heterocycles. The van der Waals surface area contributed by atoms with Gasteiger partial charge in [-0.3, -0.25) is 0 Å². The van der Waals surface area contributed by atoms with Gasteiger partial charge in [0, 0.05) is 20.6 Å². The van der Waals surface area contributed by atoms with Crippen molar-refractivity contribution in [3.63, 3.8) is 0 Å². The summed E-state index contributed by atoms with van der Waals surface area (Å²) in [6, 6.07) is 0. The third-order valence-corrected chi connectivity index (χ3v) is 2.41. The Morgan fingerprint density at radius 3 is 2.59 bits per heavy atom. The Morgan fingerprint density at radius 1 is 1.29 bits per heavy atom. The molecule has 1 rings (SSSR count). The predicted molar refractivity (Wildman–Crippen MR) is 68.0 cm³/mol. The van der Waals surface area contributed by atoms with E-state index in [1.165, 1.54) is 6.20 Å². The molecular weight excluding hydrogens is 221 g/mol. The van der Waals surface area contributed by atoms with E-state index in [4.69, 9.17) is 0 Å². The minimum atomic E-state index is -0.392. The van der Waals surface area contributed by atoms with Crippen LogP contribution in [0.2, 0.25) is 0 Å². The number of anilines is 2. The minimum absolute atomic E-state index is 0.336. The van der Waals surface area contributed by atoms with Crippen molar-refractivity contribution in [1.29, 1.82) is 0 Å². The van der Waals surface area contributed by atoms with E-state index in [2.05, 4.69) is 20.2 Å². The fourth-order valence-electron chi connectivity index (χ4n) is 1.48. The molecule has 5 nitrogen and oxygen atoms in total. The van der Waals surface area contributed by atoms with Gasteiger partial charge in [-0.05, 0) is 27.1 Å². The third kappa shape index (κ3) is 4.14. The number of halogens is 1. The first-order valence-electron chi connectivity index (χ1n) is 5.60. The SMILES string of the molecule is CNc1ncc(F)c(N(C)CCCN(C)C)n1. The second kappa shape index (κ2) is 6.34. The van der Waals surface area contributed by atoms with Gasteiger partial charge in [-0.2, -0.15) is 4.98 Å². The summed E-state index contributed by atoms with van der Waals surface area (Å²) in [4.78, 5) is 11.8. The Bertz CT molecular complexity index is 356. The number of nitrogens with one attached hydrogen (secondary N) is 1. The summed E-state index contributed by atoms with van der Waals surface area (Å²) in [6.45, 7) is 1.73. The van der Waals surface area contributed by atoms with Crippen molar-refractivity contribution in [2.24, 2.45) is 0 Å². The van der Waals surface area contributed by atoms with Crippen LogP contribution in [0.15, 0.2) is 6.20 Å². The van der Waals surface area contributed by atoms with Gasteiger partial charge in [-0.15, -0.1) is 0 Å². The minimum Gasteiger partial charge on any atom is -0.357 e. The van der Waals surface area contributed by atoms with E-state index in [0.717, 1.165) is 19.5 Å². The fraction of sp³-hybridized carbons (Fsp3) is 0.636. The smallest absolute Gasteiger partial charge is 0.224 e. The molecule has 6 heteroatoms. The van der Waals surface area contributed by atoms with Crippen LogP contribution in [0.5, 0.6) is 0 Å². The second-order valence-electron chi connectivity index (χ2n) is 4.19. The van der Waals surface area contributed by atoms with E-state index in [1.54, 1.807) is 11.9 Å². The van der Waals surface area contributed by atoms with Gasteiger partial charge in [0.2, 0.25) is 5.95 Å². The topological polar surface area (TPSA) is 44.3 Å². The number of hydrogen-bond donors (Lipinski definition) is 1. The van der Waals surface area contributed by atoms with Gasteiger partial charge in [0.1, 0.15) is 0 Å². The van der Waals surface area contributed by atoms with Crippen molar-refractivity contribution < 1.29 is 4.39 Å². The lowest BCUT2D eigenvalue weighted by Crippen LogP contribution is -2.25. The zero-order valence-electron chi connectivity index (χ0n) is 10.9. The first-order valence-corrected chi connectivity index (χ1v) is 5.60. The van der Waals surface area contributed by atoms with Crippen LogP contribution in [0.4, 0.5) is 16.2 Å². The number of nitrogens with zero attached hydrogens (tertiary/aromatic N) is 4. The number of rotatable bonds is 6.